The Balaban J connectivity index is 1.69. The molecular formula is C20H14FN3O2. The highest BCUT2D eigenvalue weighted by Gasteiger charge is 2.34. The van der Waals surface area contributed by atoms with Gasteiger partial charge >= 0.3 is 0 Å². The van der Waals surface area contributed by atoms with Gasteiger partial charge in [-0.05, 0) is 54.6 Å². The van der Waals surface area contributed by atoms with E-state index in [1.807, 2.05) is 6.07 Å². The Morgan fingerprint density at radius 3 is 2.31 bits per heavy atom. The standard InChI is InChI=1S/C20H14FN3O2/c21-14-8-10-15(11-9-14)23-12-4-7-17(23)13-18-19(25)22-24(20(18)26)16-5-2-1-3-6-16/h1-13H,(H,22,25)/b18-13-. The van der Waals surface area contributed by atoms with Gasteiger partial charge in [0.1, 0.15) is 11.4 Å². The summed E-state index contributed by atoms with van der Waals surface area (Å²) in [4.78, 5) is 24.9. The Morgan fingerprint density at radius 2 is 1.58 bits per heavy atom. The normalized spacial score (nSPS) is 15.6. The van der Waals surface area contributed by atoms with Gasteiger partial charge in [-0.3, -0.25) is 15.0 Å². The Bertz CT molecular complexity index is 1010. The first-order chi connectivity index (χ1) is 12.6. The molecule has 1 aliphatic heterocycles. The van der Waals surface area contributed by atoms with E-state index >= 15 is 0 Å². The van der Waals surface area contributed by atoms with E-state index in [1.165, 1.54) is 23.2 Å². The first-order valence-corrected chi connectivity index (χ1v) is 7.99. The minimum atomic E-state index is -0.467. The molecule has 3 aromatic rings. The van der Waals surface area contributed by atoms with Crippen LogP contribution < -0.4 is 10.4 Å². The number of hydrogen-bond acceptors (Lipinski definition) is 2. The number of amides is 2. The molecule has 26 heavy (non-hydrogen) atoms. The Labute approximate surface area is 148 Å². The second kappa shape index (κ2) is 6.33. The summed E-state index contributed by atoms with van der Waals surface area (Å²) in [6, 6.07) is 18.4. The Hall–Kier alpha value is -3.67. The molecule has 1 saturated heterocycles. The highest BCUT2D eigenvalue weighted by atomic mass is 19.1. The molecule has 1 fully saturated rings. The maximum absolute atomic E-state index is 13.1. The van der Waals surface area contributed by atoms with Gasteiger partial charge in [0.05, 0.1) is 5.69 Å². The summed E-state index contributed by atoms with van der Waals surface area (Å²) in [7, 11) is 0. The van der Waals surface area contributed by atoms with E-state index in [2.05, 4.69) is 5.43 Å². The van der Waals surface area contributed by atoms with Crippen molar-refractivity contribution in [3.05, 3.63) is 90.0 Å². The monoisotopic (exact) mass is 347 g/mol. The summed E-state index contributed by atoms with van der Waals surface area (Å²) in [5.74, 6) is -1.22. The SMILES string of the molecule is O=C1NN(c2ccccc2)C(=O)/C1=C\c1cccn1-c1ccc(F)cc1. The molecule has 0 saturated carbocycles. The van der Waals surface area contributed by atoms with Crippen LogP contribution in [0.5, 0.6) is 0 Å². The van der Waals surface area contributed by atoms with E-state index in [1.54, 1.807) is 59.3 Å². The molecule has 1 N–H and O–H groups in total. The number of rotatable bonds is 3. The van der Waals surface area contributed by atoms with Crippen LogP contribution in [-0.2, 0) is 9.59 Å². The van der Waals surface area contributed by atoms with Crippen LogP contribution in [-0.4, -0.2) is 16.4 Å². The first-order valence-electron chi connectivity index (χ1n) is 7.99. The number of hydrogen-bond donors (Lipinski definition) is 1. The Kier molecular flexibility index (Phi) is 3.85. The maximum Gasteiger partial charge on any atom is 0.282 e. The van der Waals surface area contributed by atoms with Gasteiger partial charge in [-0.2, -0.15) is 0 Å². The van der Waals surface area contributed by atoms with Crippen LogP contribution in [0.1, 0.15) is 5.69 Å². The lowest BCUT2D eigenvalue weighted by atomic mass is 10.2. The fraction of sp³-hybridized carbons (Fsp3) is 0. The van der Waals surface area contributed by atoms with Gasteiger partial charge in [0.25, 0.3) is 11.8 Å². The molecule has 1 aliphatic rings. The fourth-order valence-electron chi connectivity index (χ4n) is 2.81. The molecule has 0 aliphatic carbocycles. The number of anilines is 1. The van der Waals surface area contributed by atoms with Crippen molar-refractivity contribution in [2.75, 3.05) is 5.01 Å². The third-order valence-corrected chi connectivity index (χ3v) is 4.08. The summed E-state index contributed by atoms with van der Waals surface area (Å²) >= 11 is 0. The summed E-state index contributed by atoms with van der Waals surface area (Å²) in [5, 5.41) is 1.22. The second-order valence-electron chi connectivity index (χ2n) is 5.75. The van der Waals surface area contributed by atoms with Gasteiger partial charge in [-0.25, -0.2) is 9.40 Å². The van der Waals surface area contributed by atoms with Crippen LogP contribution in [0.3, 0.4) is 0 Å². The van der Waals surface area contributed by atoms with Crippen molar-refractivity contribution in [2.24, 2.45) is 0 Å². The van der Waals surface area contributed by atoms with E-state index in [9.17, 15) is 14.0 Å². The smallest absolute Gasteiger partial charge is 0.282 e. The summed E-state index contributed by atoms with van der Waals surface area (Å²) in [5.41, 5.74) is 4.57. The number of hydrazine groups is 1. The van der Waals surface area contributed by atoms with Crippen molar-refractivity contribution >= 4 is 23.6 Å². The van der Waals surface area contributed by atoms with E-state index in [4.69, 9.17) is 0 Å². The van der Waals surface area contributed by atoms with Gasteiger partial charge < -0.3 is 4.57 Å². The van der Waals surface area contributed by atoms with Crippen molar-refractivity contribution in [2.45, 2.75) is 0 Å². The summed E-state index contributed by atoms with van der Waals surface area (Å²) in [6.45, 7) is 0. The number of nitrogens with zero attached hydrogens (tertiary/aromatic N) is 2. The number of para-hydroxylation sites is 1. The van der Waals surface area contributed by atoms with Crippen molar-refractivity contribution in [3.63, 3.8) is 0 Å². The molecule has 5 nitrogen and oxygen atoms in total. The minimum absolute atomic E-state index is 0.0379. The predicted octanol–water partition coefficient (Wildman–Crippen LogP) is 3.08. The average molecular weight is 347 g/mol. The van der Waals surface area contributed by atoms with Crippen LogP contribution in [0.4, 0.5) is 10.1 Å². The molecule has 2 amide bonds. The first kappa shape index (κ1) is 15.8. The van der Waals surface area contributed by atoms with Gasteiger partial charge in [0.2, 0.25) is 0 Å². The van der Waals surface area contributed by atoms with Crippen LogP contribution in [0.15, 0.2) is 78.5 Å². The molecule has 128 valence electrons. The molecular weight excluding hydrogens is 333 g/mol. The predicted molar refractivity (Wildman–Crippen MR) is 95.8 cm³/mol. The molecule has 6 heteroatoms. The van der Waals surface area contributed by atoms with Crippen molar-refractivity contribution in [1.29, 1.82) is 0 Å². The lowest BCUT2D eigenvalue weighted by Crippen LogP contribution is -2.35. The van der Waals surface area contributed by atoms with Gasteiger partial charge in [0.15, 0.2) is 0 Å². The van der Waals surface area contributed by atoms with E-state index in [0.717, 1.165) is 5.69 Å². The third kappa shape index (κ3) is 2.77. The highest BCUT2D eigenvalue weighted by molar-refractivity contribution is 6.31. The number of carbonyl (C=O) groups excluding carboxylic acids is 2. The summed E-state index contributed by atoms with van der Waals surface area (Å²) in [6.07, 6.45) is 3.32. The number of benzene rings is 2. The van der Waals surface area contributed by atoms with E-state index in [-0.39, 0.29) is 11.4 Å². The highest BCUT2D eigenvalue weighted by Crippen LogP contribution is 2.22. The van der Waals surface area contributed by atoms with Gasteiger partial charge in [-0.1, -0.05) is 18.2 Å². The zero-order valence-corrected chi connectivity index (χ0v) is 13.6. The molecule has 0 radical (unpaired) electrons. The molecule has 4 rings (SSSR count). The molecule has 1 aromatic heterocycles. The third-order valence-electron chi connectivity index (χ3n) is 4.08. The van der Waals surface area contributed by atoms with E-state index < -0.39 is 11.8 Å². The number of aromatic nitrogens is 1. The largest absolute Gasteiger partial charge is 0.317 e. The average Bonchev–Trinajstić information content (AvgIpc) is 3.23. The van der Waals surface area contributed by atoms with Crippen molar-refractivity contribution in [1.82, 2.24) is 9.99 Å². The van der Waals surface area contributed by atoms with Gasteiger partial charge in [-0.15, -0.1) is 0 Å². The number of nitrogens with one attached hydrogen (secondary N) is 1. The van der Waals surface area contributed by atoms with Crippen LogP contribution >= 0.6 is 0 Å². The molecule has 0 bridgehead atoms. The summed E-state index contributed by atoms with van der Waals surface area (Å²) < 4.78 is 14.9. The Morgan fingerprint density at radius 1 is 0.846 bits per heavy atom. The maximum atomic E-state index is 13.1. The zero-order valence-electron chi connectivity index (χ0n) is 13.6. The van der Waals surface area contributed by atoms with Gasteiger partial charge in [0, 0.05) is 17.6 Å². The van der Waals surface area contributed by atoms with Crippen LogP contribution in [0.25, 0.3) is 11.8 Å². The fourth-order valence-corrected chi connectivity index (χ4v) is 2.81. The van der Waals surface area contributed by atoms with Crippen LogP contribution in [0.2, 0.25) is 0 Å². The van der Waals surface area contributed by atoms with Crippen LogP contribution in [0, 0.1) is 5.82 Å². The molecule has 0 unspecified atom stereocenters. The second-order valence-corrected chi connectivity index (χ2v) is 5.75. The minimum Gasteiger partial charge on any atom is -0.317 e. The van der Waals surface area contributed by atoms with Crippen molar-refractivity contribution < 1.29 is 14.0 Å². The molecule has 2 heterocycles. The quantitative estimate of drug-likeness (QED) is 0.585. The topological polar surface area (TPSA) is 54.3 Å². The van der Waals surface area contributed by atoms with Crippen molar-refractivity contribution in [3.8, 4) is 5.69 Å². The molecule has 0 spiro atoms. The number of carbonyl (C=O) groups is 2. The molecule has 2 aromatic carbocycles. The lowest BCUT2D eigenvalue weighted by molar-refractivity contribution is -0.117. The van der Waals surface area contributed by atoms with E-state index in [0.29, 0.717) is 11.4 Å². The molecule has 0 atom stereocenters. The lowest BCUT2D eigenvalue weighted by Gasteiger charge is -2.13. The zero-order chi connectivity index (χ0) is 18.1. The number of halogens is 1.